The molecule has 3 heterocycles. The quantitative estimate of drug-likeness (QED) is 0.224. The van der Waals surface area contributed by atoms with E-state index in [0.717, 1.165) is 5.56 Å². The van der Waals surface area contributed by atoms with Gasteiger partial charge in [0.05, 0.1) is 44.0 Å². The number of amides is 1. The summed E-state index contributed by atoms with van der Waals surface area (Å²) in [6.45, 7) is 1.89. The number of anilines is 1. The molecule has 208 valence electrons. The molecule has 0 saturated carbocycles. The SMILES string of the molecule is COc1cc2nc(N3C(=O)C(O)=C(C(=O)c4cc5cc(Cl)cc(OC)c5o4)C3c3cccc(C)c3)[nH]c2cc1OC. The maximum absolute atomic E-state index is 14.0. The third kappa shape index (κ3) is 4.23. The average Bonchev–Trinajstić information content (AvgIpc) is 3.65. The van der Waals surface area contributed by atoms with E-state index in [9.17, 15) is 14.7 Å². The van der Waals surface area contributed by atoms with Gasteiger partial charge in [-0.05, 0) is 24.6 Å². The Hall–Kier alpha value is -4.96. The Labute approximate surface area is 238 Å². The third-order valence-electron chi connectivity index (χ3n) is 7.00. The van der Waals surface area contributed by atoms with Gasteiger partial charge in [-0.2, -0.15) is 0 Å². The first-order valence-corrected chi connectivity index (χ1v) is 12.9. The Morgan fingerprint density at radius 2 is 1.76 bits per heavy atom. The van der Waals surface area contributed by atoms with Gasteiger partial charge in [-0.1, -0.05) is 41.4 Å². The lowest BCUT2D eigenvalue weighted by atomic mass is 9.94. The maximum Gasteiger partial charge on any atom is 0.296 e. The van der Waals surface area contributed by atoms with Gasteiger partial charge >= 0.3 is 0 Å². The van der Waals surface area contributed by atoms with Crippen molar-refractivity contribution in [3.8, 4) is 17.2 Å². The number of methoxy groups -OCH3 is 3. The Bertz CT molecular complexity index is 1860. The lowest BCUT2D eigenvalue weighted by molar-refractivity contribution is -0.117. The third-order valence-corrected chi connectivity index (χ3v) is 7.22. The molecule has 0 fully saturated rings. The molecular formula is C30H24ClN3O7. The molecule has 3 aromatic carbocycles. The largest absolute Gasteiger partial charge is 0.503 e. The van der Waals surface area contributed by atoms with Crippen LogP contribution in [0.15, 0.2) is 70.3 Å². The van der Waals surface area contributed by atoms with Crippen molar-refractivity contribution in [1.82, 2.24) is 9.97 Å². The van der Waals surface area contributed by atoms with Crippen LogP contribution in [0.3, 0.4) is 0 Å². The molecule has 1 aliphatic rings. The highest BCUT2D eigenvalue weighted by atomic mass is 35.5. The number of H-pyrrole nitrogens is 1. The minimum absolute atomic E-state index is 0.0894. The molecule has 0 bridgehead atoms. The van der Waals surface area contributed by atoms with Crippen molar-refractivity contribution in [2.45, 2.75) is 13.0 Å². The average molecular weight is 574 g/mol. The Balaban J connectivity index is 1.51. The number of aromatic nitrogens is 2. The summed E-state index contributed by atoms with van der Waals surface area (Å²) in [6.07, 6.45) is 0. The second-order valence-electron chi connectivity index (χ2n) is 9.51. The molecule has 0 aliphatic carbocycles. The summed E-state index contributed by atoms with van der Waals surface area (Å²) in [5.41, 5.74) is 2.71. The number of benzene rings is 3. The van der Waals surface area contributed by atoms with E-state index in [1.165, 1.54) is 32.3 Å². The van der Waals surface area contributed by atoms with E-state index in [1.54, 1.807) is 30.3 Å². The van der Waals surface area contributed by atoms with E-state index in [4.69, 9.17) is 30.2 Å². The molecule has 2 N–H and O–H groups in total. The van der Waals surface area contributed by atoms with Gasteiger partial charge in [-0.3, -0.25) is 14.5 Å². The summed E-state index contributed by atoms with van der Waals surface area (Å²) >= 11 is 6.20. The monoisotopic (exact) mass is 573 g/mol. The number of nitrogens with zero attached hydrogens (tertiary/aromatic N) is 2. The van der Waals surface area contributed by atoms with Gasteiger partial charge in [0, 0.05) is 28.6 Å². The fourth-order valence-electron chi connectivity index (χ4n) is 5.13. The fraction of sp³-hybridized carbons (Fsp3) is 0.167. The molecule has 41 heavy (non-hydrogen) atoms. The number of aliphatic hydroxyl groups excluding tert-OH is 1. The molecule has 0 radical (unpaired) electrons. The van der Waals surface area contributed by atoms with Crippen LogP contribution in [0.25, 0.3) is 22.0 Å². The van der Waals surface area contributed by atoms with Crippen molar-refractivity contribution in [1.29, 1.82) is 0 Å². The topological polar surface area (TPSA) is 127 Å². The predicted molar refractivity (Wildman–Crippen MR) is 152 cm³/mol. The number of ether oxygens (including phenoxy) is 3. The van der Waals surface area contributed by atoms with E-state index < -0.39 is 23.5 Å². The number of furan rings is 1. The summed E-state index contributed by atoms with van der Waals surface area (Å²) in [5.74, 6) is -0.866. The van der Waals surface area contributed by atoms with Gasteiger partial charge in [0.15, 0.2) is 34.4 Å². The molecule has 2 aromatic heterocycles. The van der Waals surface area contributed by atoms with Gasteiger partial charge in [0.2, 0.25) is 11.7 Å². The zero-order valence-corrected chi connectivity index (χ0v) is 23.2. The second-order valence-corrected chi connectivity index (χ2v) is 9.94. The molecule has 6 rings (SSSR count). The van der Waals surface area contributed by atoms with Crippen molar-refractivity contribution < 1.29 is 33.3 Å². The number of Topliss-reactive ketones (excluding diaryl/α,β-unsaturated/α-hetero) is 1. The number of aliphatic hydroxyl groups is 1. The van der Waals surface area contributed by atoms with Crippen LogP contribution in [0.5, 0.6) is 17.2 Å². The summed E-state index contributed by atoms with van der Waals surface area (Å²) < 4.78 is 22.0. The normalized spacial score (nSPS) is 15.3. The Morgan fingerprint density at radius 1 is 1.02 bits per heavy atom. The summed E-state index contributed by atoms with van der Waals surface area (Å²) in [4.78, 5) is 36.7. The summed E-state index contributed by atoms with van der Waals surface area (Å²) in [5, 5.41) is 12.1. The number of fused-ring (bicyclic) bond motifs is 2. The number of carbonyl (C=O) groups excluding carboxylic acids is 2. The number of carbonyl (C=O) groups is 2. The molecule has 10 nitrogen and oxygen atoms in total. The maximum atomic E-state index is 14.0. The van der Waals surface area contributed by atoms with Crippen molar-refractivity contribution in [2.24, 2.45) is 0 Å². The number of aryl methyl sites for hydroxylation is 1. The Morgan fingerprint density at radius 3 is 2.46 bits per heavy atom. The summed E-state index contributed by atoms with van der Waals surface area (Å²) in [6, 6.07) is 14.4. The molecule has 5 aromatic rings. The lowest BCUT2D eigenvalue weighted by Gasteiger charge is -2.24. The molecule has 1 amide bonds. The minimum atomic E-state index is -1.02. The van der Waals surface area contributed by atoms with Gasteiger partial charge in [-0.25, -0.2) is 4.98 Å². The van der Waals surface area contributed by atoms with E-state index in [2.05, 4.69) is 9.97 Å². The Kier molecular flexibility index (Phi) is 6.34. The van der Waals surface area contributed by atoms with Crippen molar-refractivity contribution in [2.75, 3.05) is 26.2 Å². The highest BCUT2D eigenvalue weighted by Crippen LogP contribution is 2.43. The van der Waals surface area contributed by atoms with E-state index >= 15 is 0 Å². The predicted octanol–water partition coefficient (Wildman–Crippen LogP) is 6.08. The number of nitrogens with one attached hydrogen (secondary N) is 1. The molecule has 1 aliphatic heterocycles. The van der Waals surface area contributed by atoms with E-state index in [0.29, 0.717) is 49.8 Å². The number of rotatable bonds is 7. The highest BCUT2D eigenvalue weighted by Gasteiger charge is 2.46. The first-order chi connectivity index (χ1) is 19.7. The first-order valence-electron chi connectivity index (χ1n) is 12.5. The molecule has 11 heteroatoms. The lowest BCUT2D eigenvalue weighted by Crippen LogP contribution is -2.32. The van der Waals surface area contributed by atoms with Crippen molar-refractivity contribution >= 4 is 51.2 Å². The number of ketones is 1. The molecular weight excluding hydrogens is 550 g/mol. The van der Waals surface area contributed by atoms with Gasteiger partial charge in [-0.15, -0.1) is 0 Å². The van der Waals surface area contributed by atoms with Crippen molar-refractivity contribution in [3.05, 3.63) is 87.8 Å². The summed E-state index contributed by atoms with van der Waals surface area (Å²) in [7, 11) is 4.49. The van der Waals surface area contributed by atoms with Crippen molar-refractivity contribution in [3.63, 3.8) is 0 Å². The highest BCUT2D eigenvalue weighted by molar-refractivity contribution is 6.31. The van der Waals surface area contributed by atoms with Crippen LogP contribution in [0.2, 0.25) is 5.02 Å². The first kappa shape index (κ1) is 26.3. The molecule has 1 atom stereocenters. The number of halogens is 1. The van der Waals surface area contributed by atoms with Crippen LogP contribution in [0, 0.1) is 6.92 Å². The van der Waals surface area contributed by atoms with Crippen LogP contribution in [0.4, 0.5) is 5.95 Å². The van der Waals surface area contributed by atoms with Crippen LogP contribution in [0.1, 0.15) is 27.7 Å². The zero-order valence-electron chi connectivity index (χ0n) is 22.4. The fourth-order valence-corrected chi connectivity index (χ4v) is 5.35. The van der Waals surface area contributed by atoms with E-state index in [-0.39, 0.29) is 17.3 Å². The number of hydrogen-bond acceptors (Lipinski definition) is 8. The van der Waals surface area contributed by atoms with Gasteiger partial charge in [0.25, 0.3) is 5.91 Å². The minimum Gasteiger partial charge on any atom is -0.503 e. The number of aromatic amines is 1. The number of hydrogen-bond donors (Lipinski definition) is 2. The van der Waals surface area contributed by atoms with Gasteiger partial charge < -0.3 is 28.7 Å². The molecule has 0 saturated heterocycles. The zero-order chi connectivity index (χ0) is 29.0. The molecule has 0 spiro atoms. The standard InChI is InChI=1S/C30H24ClN3O7/c1-14-6-5-7-15(8-14)25-24(26(35)22-10-16-9-17(31)11-23(40-4)28(16)41-22)27(36)29(37)34(25)30-32-18-12-20(38-2)21(39-3)13-19(18)33-30/h5-13,25,36H,1-4H3,(H,32,33). The van der Waals surface area contributed by atoms with Crippen LogP contribution < -0.4 is 19.1 Å². The van der Waals surface area contributed by atoms with Crippen LogP contribution >= 0.6 is 11.6 Å². The van der Waals surface area contributed by atoms with E-state index in [1.807, 2.05) is 25.1 Å². The van der Waals surface area contributed by atoms with Crippen LogP contribution in [-0.2, 0) is 4.79 Å². The molecule has 1 unspecified atom stereocenters. The smallest absolute Gasteiger partial charge is 0.296 e. The van der Waals surface area contributed by atoms with Crippen LogP contribution in [-0.4, -0.2) is 48.1 Å². The van der Waals surface area contributed by atoms with Gasteiger partial charge in [0.1, 0.15) is 0 Å². The number of imidazole rings is 1. The second kappa shape index (κ2) is 9.90.